The fourth-order valence-electron chi connectivity index (χ4n) is 3.19. The van der Waals surface area contributed by atoms with Gasteiger partial charge in [-0.15, -0.1) is 0 Å². The summed E-state index contributed by atoms with van der Waals surface area (Å²) in [5, 5.41) is 11.7. The third-order valence-electron chi connectivity index (χ3n) is 4.50. The van der Waals surface area contributed by atoms with Gasteiger partial charge in [0.2, 0.25) is 5.91 Å². The van der Waals surface area contributed by atoms with Gasteiger partial charge in [0.15, 0.2) is 0 Å². The summed E-state index contributed by atoms with van der Waals surface area (Å²) >= 11 is 0. The minimum Gasteiger partial charge on any atom is -0.478 e. The average Bonchev–Trinajstić information content (AvgIpc) is 3.06. The van der Waals surface area contributed by atoms with Gasteiger partial charge >= 0.3 is 5.97 Å². The number of aromatic carboxylic acids is 1. The first-order chi connectivity index (χ1) is 12.9. The molecule has 27 heavy (non-hydrogen) atoms. The van der Waals surface area contributed by atoms with Crippen molar-refractivity contribution in [2.45, 2.75) is 12.3 Å². The molecular weight excluding hydrogens is 356 g/mol. The second-order valence-corrected chi connectivity index (χ2v) is 6.18. The summed E-state index contributed by atoms with van der Waals surface area (Å²) in [7, 11) is 0. The van der Waals surface area contributed by atoms with Gasteiger partial charge in [-0.1, -0.05) is 12.1 Å². The van der Waals surface area contributed by atoms with Crippen molar-refractivity contribution in [1.82, 2.24) is 9.55 Å². The largest absolute Gasteiger partial charge is 0.478 e. The molecule has 8 heteroatoms. The van der Waals surface area contributed by atoms with Crippen molar-refractivity contribution in [2.24, 2.45) is 0 Å². The maximum Gasteiger partial charge on any atom is 0.335 e. The Labute approximate surface area is 152 Å². The van der Waals surface area contributed by atoms with Crippen LogP contribution in [0.4, 0.5) is 14.6 Å². The van der Waals surface area contributed by atoms with Crippen LogP contribution in [0.2, 0.25) is 0 Å². The predicted octanol–water partition coefficient (Wildman–Crippen LogP) is 3.32. The Bertz CT molecular complexity index is 1060. The Morgan fingerprint density at radius 2 is 1.93 bits per heavy atom. The number of amides is 1. The highest BCUT2D eigenvalue weighted by molar-refractivity contribution is 5.94. The quantitative estimate of drug-likeness (QED) is 0.742. The molecule has 2 heterocycles. The number of rotatable bonds is 3. The van der Waals surface area contributed by atoms with E-state index in [1.165, 1.54) is 23.0 Å². The Morgan fingerprint density at radius 1 is 1.19 bits per heavy atom. The fraction of sp³-hybridized carbons (Fsp3) is 0.105. The van der Waals surface area contributed by atoms with E-state index in [-0.39, 0.29) is 29.4 Å². The van der Waals surface area contributed by atoms with Crippen molar-refractivity contribution in [3.05, 3.63) is 77.2 Å². The Hall–Kier alpha value is -3.55. The van der Waals surface area contributed by atoms with Gasteiger partial charge in [0, 0.05) is 18.4 Å². The van der Waals surface area contributed by atoms with Crippen molar-refractivity contribution >= 4 is 17.7 Å². The van der Waals surface area contributed by atoms with Crippen LogP contribution in [-0.2, 0) is 4.79 Å². The molecule has 6 nitrogen and oxygen atoms in total. The zero-order valence-electron chi connectivity index (χ0n) is 13.8. The number of carboxylic acids is 1. The molecule has 0 radical (unpaired) electrons. The minimum absolute atomic E-state index is 0.0640. The molecule has 1 atom stereocenters. The molecule has 136 valence electrons. The lowest BCUT2D eigenvalue weighted by Crippen LogP contribution is -2.25. The van der Waals surface area contributed by atoms with E-state index in [1.807, 2.05) is 0 Å². The molecule has 1 aliphatic heterocycles. The highest BCUT2D eigenvalue weighted by atomic mass is 19.1. The summed E-state index contributed by atoms with van der Waals surface area (Å²) in [6.45, 7) is 0. The highest BCUT2D eigenvalue weighted by Crippen LogP contribution is 2.37. The number of hydrogen-bond acceptors (Lipinski definition) is 3. The summed E-state index contributed by atoms with van der Waals surface area (Å²) in [5.74, 6) is -2.77. The molecular formula is C19H13F2N3O3. The van der Waals surface area contributed by atoms with E-state index in [0.717, 1.165) is 18.2 Å². The molecule has 1 aliphatic rings. The SMILES string of the molecule is O=C1C[C@H](c2ccc(C(=O)O)cc2)c2ncn(-c3cc(F)ccc3F)c2N1. The number of nitrogens with zero attached hydrogens (tertiary/aromatic N) is 2. The van der Waals surface area contributed by atoms with Crippen LogP contribution in [-0.4, -0.2) is 26.5 Å². The number of carboxylic acid groups (broad SMARTS) is 1. The van der Waals surface area contributed by atoms with Crippen molar-refractivity contribution in [2.75, 3.05) is 5.32 Å². The molecule has 0 spiro atoms. The van der Waals surface area contributed by atoms with Crippen LogP contribution in [0.5, 0.6) is 0 Å². The number of benzene rings is 2. The van der Waals surface area contributed by atoms with E-state index in [2.05, 4.69) is 10.3 Å². The highest BCUT2D eigenvalue weighted by Gasteiger charge is 2.31. The van der Waals surface area contributed by atoms with E-state index in [0.29, 0.717) is 11.3 Å². The molecule has 0 bridgehead atoms. The lowest BCUT2D eigenvalue weighted by Gasteiger charge is -2.23. The molecule has 2 N–H and O–H groups in total. The van der Waals surface area contributed by atoms with Crippen LogP contribution in [0.3, 0.4) is 0 Å². The molecule has 3 aromatic rings. The van der Waals surface area contributed by atoms with Gasteiger partial charge in [0.25, 0.3) is 0 Å². The van der Waals surface area contributed by atoms with E-state index in [4.69, 9.17) is 5.11 Å². The second-order valence-electron chi connectivity index (χ2n) is 6.18. The lowest BCUT2D eigenvalue weighted by molar-refractivity contribution is -0.116. The first-order valence-corrected chi connectivity index (χ1v) is 8.10. The number of nitrogens with one attached hydrogen (secondary N) is 1. The summed E-state index contributed by atoms with van der Waals surface area (Å²) in [4.78, 5) is 27.5. The number of anilines is 1. The predicted molar refractivity (Wildman–Crippen MR) is 92.0 cm³/mol. The minimum atomic E-state index is -1.05. The Balaban J connectivity index is 1.80. The normalized spacial score (nSPS) is 15.9. The third kappa shape index (κ3) is 2.95. The molecule has 0 saturated heterocycles. The number of aromatic nitrogens is 2. The smallest absolute Gasteiger partial charge is 0.335 e. The van der Waals surface area contributed by atoms with Gasteiger partial charge < -0.3 is 10.4 Å². The summed E-state index contributed by atoms with van der Waals surface area (Å²) < 4.78 is 29.0. The third-order valence-corrected chi connectivity index (χ3v) is 4.50. The standard InChI is InChI=1S/C19H13F2N3O3/c20-12-5-6-14(21)15(7-12)24-9-22-17-13(8-16(25)23-18(17)24)10-1-3-11(4-2-10)19(26)27/h1-7,9,13H,8H2,(H,23,25)(H,26,27)/t13-/m1/s1. The molecule has 4 rings (SSSR count). The zero-order valence-corrected chi connectivity index (χ0v) is 13.8. The van der Waals surface area contributed by atoms with Crippen LogP contribution in [0.25, 0.3) is 5.69 Å². The topological polar surface area (TPSA) is 84.2 Å². The lowest BCUT2D eigenvalue weighted by atomic mass is 9.89. The second kappa shape index (κ2) is 6.31. The Kier molecular flexibility index (Phi) is 3.95. The molecule has 0 saturated carbocycles. The van der Waals surface area contributed by atoms with Crippen molar-refractivity contribution in [3.8, 4) is 5.69 Å². The number of carbonyl (C=O) groups excluding carboxylic acids is 1. The summed E-state index contributed by atoms with van der Waals surface area (Å²) in [5.41, 5.74) is 1.28. The number of hydrogen-bond donors (Lipinski definition) is 2. The Morgan fingerprint density at radius 3 is 2.63 bits per heavy atom. The van der Waals surface area contributed by atoms with E-state index < -0.39 is 23.5 Å². The van der Waals surface area contributed by atoms with Crippen LogP contribution in [0, 0.1) is 11.6 Å². The van der Waals surface area contributed by atoms with Crippen LogP contribution in [0.1, 0.15) is 34.0 Å². The summed E-state index contributed by atoms with van der Waals surface area (Å²) in [6.07, 6.45) is 1.44. The van der Waals surface area contributed by atoms with Gasteiger partial charge in [-0.3, -0.25) is 9.36 Å². The van der Waals surface area contributed by atoms with Crippen LogP contribution < -0.4 is 5.32 Å². The number of fused-ring (bicyclic) bond motifs is 1. The van der Waals surface area contributed by atoms with E-state index >= 15 is 0 Å². The average molecular weight is 369 g/mol. The maximum absolute atomic E-state index is 14.2. The summed E-state index contributed by atoms with van der Waals surface area (Å²) in [6, 6.07) is 9.18. The fourth-order valence-corrected chi connectivity index (χ4v) is 3.19. The van der Waals surface area contributed by atoms with Crippen molar-refractivity contribution in [3.63, 3.8) is 0 Å². The number of imidazole rings is 1. The zero-order chi connectivity index (χ0) is 19.1. The number of halogens is 2. The number of carbonyl (C=O) groups is 2. The van der Waals surface area contributed by atoms with E-state index in [9.17, 15) is 18.4 Å². The van der Waals surface area contributed by atoms with Gasteiger partial charge in [0.1, 0.15) is 23.8 Å². The van der Waals surface area contributed by atoms with Crippen molar-refractivity contribution < 1.29 is 23.5 Å². The van der Waals surface area contributed by atoms with Crippen LogP contribution >= 0.6 is 0 Å². The first kappa shape index (κ1) is 16.9. The van der Waals surface area contributed by atoms with Gasteiger partial charge in [-0.05, 0) is 29.8 Å². The molecule has 2 aromatic carbocycles. The molecule has 0 fully saturated rings. The molecule has 1 aromatic heterocycles. The monoisotopic (exact) mass is 369 g/mol. The first-order valence-electron chi connectivity index (χ1n) is 8.10. The maximum atomic E-state index is 14.2. The molecule has 0 aliphatic carbocycles. The van der Waals surface area contributed by atoms with Gasteiger partial charge in [-0.25, -0.2) is 18.6 Å². The van der Waals surface area contributed by atoms with Crippen molar-refractivity contribution in [1.29, 1.82) is 0 Å². The molecule has 0 unspecified atom stereocenters. The molecule has 1 amide bonds. The van der Waals surface area contributed by atoms with E-state index in [1.54, 1.807) is 12.1 Å². The van der Waals surface area contributed by atoms with Crippen LogP contribution in [0.15, 0.2) is 48.8 Å². The van der Waals surface area contributed by atoms with Gasteiger partial charge in [0.05, 0.1) is 16.9 Å². The van der Waals surface area contributed by atoms with Gasteiger partial charge in [-0.2, -0.15) is 0 Å².